The molecule has 5 nitrogen and oxygen atoms in total. The number of hydrogen-bond donors (Lipinski definition) is 2. The van der Waals surface area contributed by atoms with Crippen LogP contribution in [-0.4, -0.2) is 47.7 Å². The summed E-state index contributed by atoms with van der Waals surface area (Å²) in [6, 6.07) is 0.371. The highest BCUT2D eigenvalue weighted by Crippen LogP contribution is 2.33. The van der Waals surface area contributed by atoms with Crippen molar-refractivity contribution in [3.8, 4) is 0 Å². The van der Waals surface area contributed by atoms with E-state index in [-0.39, 0.29) is 11.5 Å². The second-order valence-corrected chi connectivity index (χ2v) is 6.00. The summed E-state index contributed by atoms with van der Waals surface area (Å²) in [4.78, 5) is 13.7. The molecular formula is C12H23N3O2. The first-order valence-corrected chi connectivity index (χ1v) is 6.29. The fourth-order valence-electron chi connectivity index (χ4n) is 2.95. The Labute approximate surface area is 102 Å². The van der Waals surface area contributed by atoms with Gasteiger partial charge < -0.3 is 16.2 Å². The Morgan fingerprint density at radius 3 is 2.71 bits per heavy atom. The standard InChI is InChI=1S/C12H23N3O2/c1-11(2)8-15(5-6-17-11)9-3-4-12(14,7-9)10(13)16/h9H,3-8,14H2,1-2H3,(H2,13,16). The van der Waals surface area contributed by atoms with Gasteiger partial charge in [-0.25, -0.2) is 0 Å². The Balaban J connectivity index is 1.99. The van der Waals surface area contributed by atoms with Crippen molar-refractivity contribution in [3.63, 3.8) is 0 Å². The van der Waals surface area contributed by atoms with Gasteiger partial charge in [-0.3, -0.25) is 9.69 Å². The quantitative estimate of drug-likeness (QED) is 0.703. The van der Waals surface area contributed by atoms with Crippen LogP contribution in [0, 0.1) is 0 Å². The van der Waals surface area contributed by atoms with Crippen LogP contribution in [0.15, 0.2) is 0 Å². The minimum atomic E-state index is -0.798. The fraction of sp³-hybridized carbons (Fsp3) is 0.917. The SMILES string of the molecule is CC1(C)CN(C2CCC(N)(C(N)=O)C2)CCO1. The Morgan fingerprint density at radius 1 is 1.47 bits per heavy atom. The molecule has 1 aliphatic heterocycles. The topological polar surface area (TPSA) is 81.6 Å². The highest BCUT2D eigenvalue weighted by Gasteiger charge is 2.44. The highest BCUT2D eigenvalue weighted by molar-refractivity contribution is 5.84. The maximum Gasteiger partial charge on any atom is 0.237 e. The number of nitrogens with two attached hydrogens (primary N) is 2. The number of morpholine rings is 1. The van der Waals surface area contributed by atoms with Crippen LogP contribution < -0.4 is 11.5 Å². The lowest BCUT2D eigenvalue weighted by molar-refractivity contribution is -0.123. The molecular weight excluding hydrogens is 218 g/mol. The second kappa shape index (κ2) is 4.23. The number of ether oxygens (including phenoxy) is 1. The van der Waals surface area contributed by atoms with E-state index in [9.17, 15) is 4.79 Å². The molecule has 17 heavy (non-hydrogen) atoms. The smallest absolute Gasteiger partial charge is 0.237 e. The molecule has 0 bridgehead atoms. The van der Waals surface area contributed by atoms with Crippen LogP contribution in [0.4, 0.5) is 0 Å². The van der Waals surface area contributed by atoms with Crippen LogP contribution in [0.2, 0.25) is 0 Å². The monoisotopic (exact) mass is 241 g/mol. The van der Waals surface area contributed by atoms with Crippen LogP contribution in [0.25, 0.3) is 0 Å². The van der Waals surface area contributed by atoms with E-state index in [1.807, 2.05) is 0 Å². The van der Waals surface area contributed by atoms with Gasteiger partial charge in [-0.15, -0.1) is 0 Å². The number of carbonyl (C=O) groups excluding carboxylic acids is 1. The zero-order chi connectivity index (χ0) is 12.7. The van der Waals surface area contributed by atoms with Crippen molar-refractivity contribution in [2.75, 3.05) is 19.7 Å². The molecule has 5 heteroatoms. The maximum absolute atomic E-state index is 11.3. The lowest BCUT2D eigenvalue weighted by Gasteiger charge is -2.41. The van der Waals surface area contributed by atoms with Gasteiger partial charge >= 0.3 is 0 Å². The molecule has 0 aromatic rings. The van der Waals surface area contributed by atoms with Crippen LogP contribution >= 0.6 is 0 Å². The van der Waals surface area contributed by atoms with E-state index in [0.717, 1.165) is 26.1 Å². The van der Waals surface area contributed by atoms with E-state index in [2.05, 4.69) is 18.7 Å². The van der Waals surface area contributed by atoms with Gasteiger partial charge in [-0.05, 0) is 33.1 Å². The molecule has 0 spiro atoms. The molecule has 0 aromatic carbocycles. The molecule has 1 amide bonds. The van der Waals surface area contributed by atoms with Crippen molar-refractivity contribution in [1.29, 1.82) is 0 Å². The summed E-state index contributed by atoms with van der Waals surface area (Å²) in [6.07, 6.45) is 2.33. The molecule has 2 rings (SSSR count). The minimum Gasteiger partial charge on any atom is -0.373 e. The molecule has 2 aliphatic rings. The normalized spacial score (nSPS) is 38.2. The Bertz CT molecular complexity index is 319. The largest absolute Gasteiger partial charge is 0.373 e. The molecule has 2 atom stereocenters. The Morgan fingerprint density at radius 2 is 2.18 bits per heavy atom. The van der Waals surface area contributed by atoms with E-state index in [1.54, 1.807) is 0 Å². The van der Waals surface area contributed by atoms with E-state index in [0.29, 0.717) is 18.9 Å². The Kier molecular flexibility index (Phi) is 3.18. The van der Waals surface area contributed by atoms with Crippen molar-refractivity contribution >= 4 is 5.91 Å². The predicted octanol–water partition coefficient (Wildman–Crippen LogP) is -0.167. The summed E-state index contributed by atoms with van der Waals surface area (Å²) in [6.45, 7) is 6.75. The fourth-order valence-corrected chi connectivity index (χ4v) is 2.95. The first-order chi connectivity index (χ1) is 7.82. The summed E-state index contributed by atoms with van der Waals surface area (Å²) in [5.74, 6) is -0.368. The maximum atomic E-state index is 11.3. The zero-order valence-corrected chi connectivity index (χ0v) is 10.7. The second-order valence-electron chi connectivity index (χ2n) is 6.00. The van der Waals surface area contributed by atoms with Crippen molar-refractivity contribution in [1.82, 2.24) is 4.90 Å². The molecule has 2 unspecified atom stereocenters. The van der Waals surface area contributed by atoms with Gasteiger partial charge in [0.05, 0.1) is 17.7 Å². The van der Waals surface area contributed by atoms with E-state index >= 15 is 0 Å². The molecule has 1 saturated heterocycles. The zero-order valence-electron chi connectivity index (χ0n) is 10.7. The number of amides is 1. The van der Waals surface area contributed by atoms with Gasteiger partial charge in [0.1, 0.15) is 0 Å². The third-order valence-corrected chi connectivity index (χ3v) is 3.99. The van der Waals surface area contributed by atoms with Crippen LogP contribution in [0.3, 0.4) is 0 Å². The summed E-state index contributed by atoms with van der Waals surface area (Å²) >= 11 is 0. The number of carbonyl (C=O) groups is 1. The molecule has 2 fully saturated rings. The highest BCUT2D eigenvalue weighted by atomic mass is 16.5. The number of primary amides is 1. The van der Waals surface area contributed by atoms with Crippen LogP contribution in [-0.2, 0) is 9.53 Å². The molecule has 4 N–H and O–H groups in total. The third kappa shape index (κ3) is 2.61. The van der Waals surface area contributed by atoms with Gasteiger partial charge in [-0.1, -0.05) is 0 Å². The lowest BCUT2D eigenvalue weighted by Crippen LogP contribution is -2.54. The summed E-state index contributed by atoms with van der Waals surface area (Å²) in [7, 11) is 0. The van der Waals surface area contributed by atoms with E-state index in [1.165, 1.54) is 0 Å². The number of rotatable bonds is 2. The van der Waals surface area contributed by atoms with Crippen LogP contribution in [0.5, 0.6) is 0 Å². The number of nitrogens with zero attached hydrogens (tertiary/aromatic N) is 1. The van der Waals surface area contributed by atoms with Gasteiger partial charge in [0.25, 0.3) is 0 Å². The third-order valence-electron chi connectivity index (χ3n) is 3.99. The molecule has 1 aliphatic carbocycles. The predicted molar refractivity (Wildman–Crippen MR) is 65.4 cm³/mol. The van der Waals surface area contributed by atoms with Crippen molar-refractivity contribution < 1.29 is 9.53 Å². The molecule has 1 saturated carbocycles. The van der Waals surface area contributed by atoms with E-state index < -0.39 is 5.54 Å². The Hall–Kier alpha value is -0.650. The van der Waals surface area contributed by atoms with Crippen LogP contribution in [0.1, 0.15) is 33.1 Å². The molecule has 0 radical (unpaired) electrons. The van der Waals surface area contributed by atoms with Gasteiger partial charge in [0.2, 0.25) is 5.91 Å². The molecule has 0 aromatic heterocycles. The van der Waals surface area contributed by atoms with Crippen molar-refractivity contribution in [2.24, 2.45) is 11.5 Å². The minimum absolute atomic E-state index is 0.106. The van der Waals surface area contributed by atoms with Gasteiger partial charge in [0.15, 0.2) is 0 Å². The first kappa shape index (κ1) is 12.8. The average molecular weight is 241 g/mol. The average Bonchev–Trinajstić information content (AvgIpc) is 2.61. The first-order valence-electron chi connectivity index (χ1n) is 6.29. The van der Waals surface area contributed by atoms with Crippen molar-refractivity contribution in [2.45, 2.75) is 50.3 Å². The molecule has 1 heterocycles. The van der Waals surface area contributed by atoms with Gasteiger partial charge in [0, 0.05) is 19.1 Å². The van der Waals surface area contributed by atoms with Crippen molar-refractivity contribution in [3.05, 3.63) is 0 Å². The number of hydrogen-bond acceptors (Lipinski definition) is 4. The molecule has 98 valence electrons. The van der Waals surface area contributed by atoms with Gasteiger partial charge in [-0.2, -0.15) is 0 Å². The summed E-state index contributed by atoms with van der Waals surface area (Å²) < 4.78 is 5.69. The summed E-state index contributed by atoms with van der Waals surface area (Å²) in [5, 5.41) is 0. The van der Waals surface area contributed by atoms with E-state index in [4.69, 9.17) is 16.2 Å². The summed E-state index contributed by atoms with van der Waals surface area (Å²) in [5.41, 5.74) is 10.5. The lowest BCUT2D eigenvalue weighted by atomic mass is 9.97.